The molecule has 0 radical (unpaired) electrons. The van der Waals surface area contributed by atoms with Crippen LogP contribution in [0.1, 0.15) is 18.5 Å². The van der Waals surface area contributed by atoms with Crippen molar-refractivity contribution in [3.05, 3.63) is 24.0 Å². The van der Waals surface area contributed by atoms with E-state index in [0.29, 0.717) is 5.88 Å². The van der Waals surface area contributed by atoms with Crippen LogP contribution >= 0.6 is 11.6 Å². The number of alkyl halides is 1. The van der Waals surface area contributed by atoms with Crippen molar-refractivity contribution in [2.24, 2.45) is 5.92 Å². The van der Waals surface area contributed by atoms with Gasteiger partial charge >= 0.3 is 0 Å². The normalized spacial score (nSPS) is 17.9. The number of rotatable bonds is 4. The molecule has 2 heterocycles. The van der Waals surface area contributed by atoms with Crippen molar-refractivity contribution in [1.29, 1.82) is 0 Å². The Hall–Kier alpha value is -0.800. The van der Waals surface area contributed by atoms with Gasteiger partial charge in [0.2, 0.25) is 0 Å². The van der Waals surface area contributed by atoms with Crippen LogP contribution in [-0.2, 0) is 5.88 Å². The molecule has 1 aromatic rings. The van der Waals surface area contributed by atoms with Gasteiger partial charge in [-0.25, -0.2) is 0 Å². The summed E-state index contributed by atoms with van der Waals surface area (Å²) in [5.41, 5.74) is 2.17. The van der Waals surface area contributed by atoms with Crippen molar-refractivity contribution >= 4 is 17.3 Å². The Morgan fingerprint density at radius 2 is 2.17 bits per heavy atom. The molecular weight excluding hydrogens is 246 g/mol. The summed E-state index contributed by atoms with van der Waals surface area (Å²) in [5, 5.41) is 0. The fraction of sp³-hybridized carbons (Fsp3) is 0.643. The van der Waals surface area contributed by atoms with Crippen LogP contribution in [0, 0.1) is 5.92 Å². The molecule has 0 unspecified atom stereocenters. The number of aromatic nitrogens is 1. The van der Waals surface area contributed by atoms with Crippen molar-refractivity contribution in [2.45, 2.75) is 18.7 Å². The summed E-state index contributed by atoms with van der Waals surface area (Å²) in [5.74, 6) is 1.29. The van der Waals surface area contributed by atoms with Gasteiger partial charge in [-0.15, -0.1) is 11.6 Å². The SMILES string of the molecule is CN1CCC(CN(C)c2ccnc(CCl)c2)CC1. The number of nitrogens with zero attached hydrogens (tertiary/aromatic N) is 3. The molecule has 0 aliphatic carbocycles. The predicted octanol–water partition coefficient (Wildman–Crippen LogP) is 2.60. The van der Waals surface area contributed by atoms with E-state index in [0.717, 1.165) is 18.2 Å². The fourth-order valence-corrected chi connectivity index (χ4v) is 2.66. The molecule has 1 saturated heterocycles. The number of likely N-dealkylation sites (tertiary alicyclic amines) is 1. The first kappa shape index (κ1) is 13.6. The molecular formula is C14H22ClN3. The molecule has 1 aliphatic heterocycles. The monoisotopic (exact) mass is 267 g/mol. The molecule has 18 heavy (non-hydrogen) atoms. The molecule has 1 fully saturated rings. The molecule has 4 heteroatoms. The van der Waals surface area contributed by atoms with Gasteiger partial charge in [-0.3, -0.25) is 4.98 Å². The molecule has 0 atom stereocenters. The fourth-order valence-electron chi connectivity index (χ4n) is 2.51. The molecule has 0 bridgehead atoms. The minimum absolute atomic E-state index is 0.482. The van der Waals surface area contributed by atoms with Crippen molar-refractivity contribution < 1.29 is 0 Å². The molecule has 0 amide bonds. The highest BCUT2D eigenvalue weighted by molar-refractivity contribution is 6.16. The van der Waals surface area contributed by atoms with E-state index in [2.05, 4.69) is 41.0 Å². The van der Waals surface area contributed by atoms with Crippen LogP contribution in [0.25, 0.3) is 0 Å². The zero-order valence-corrected chi connectivity index (χ0v) is 12.0. The van der Waals surface area contributed by atoms with Crippen molar-refractivity contribution in [2.75, 3.05) is 38.6 Å². The summed E-state index contributed by atoms with van der Waals surface area (Å²) in [6.45, 7) is 3.57. The molecule has 100 valence electrons. The second kappa shape index (κ2) is 6.39. The standard InChI is InChI=1S/C14H22ClN3/c1-17-7-4-12(5-8-17)11-18(2)14-3-6-16-13(9-14)10-15/h3,6,9,12H,4-5,7-8,10-11H2,1-2H3. The van der Waals surface area contributed by atoms with E-state index in [4.69, 9.17) is 11.6 Å². The average molecular weight is 268 g/mol. The molecule has 2 rings (SSSR count). The predicted molar refractivity (Wildman–Crippen MR) is 77.3 cm³/mol. The van der Waals surface area contributed by atoms with Crippen LogP contribution in [-0.4, -0.2) is 43.6 Å². The zero-order chi connectivity index (χ0) is 13.0. The first-order valence-electron chi connectivity index (χ1n) is 6.59. The lowest BCUT2D eigenvalue weighted by molar-refractivity contribution is 0.222. The van der Waals surface area contributed by atoms with E-state index in [-0.39, 0.29) is 0 Å². The van der Waals surface area contributed by atoms with Gasteiger partial charge in [-0.2, -0.15) is 0 Å². The lowest BCUT2D eigenvalue weighted by Gasteiger charge is -2.32. The van der Waals surface area contributed by atoms with Crippen LogP contribution in [0.2, 0.25) is 0 Å². The Labute approximate surface area is 115 Å². The maximum Gasteiger partial charge on any atom is 0.0648 e. The molecule has 0 N–H and O–H groups in total. The largest absolute Gasteiger partial charge is 0.374 e. The van der Waals surface area contributed by atoms with Crippen LogP contribution in [0.4, 0.5) is 5.69 Å². The molecule has 1 aromatic heterocycles. The Bertz CT molecular complexity index is 375. The van der Waals surface area contributed by atoms with E-state index in [1.165, 1.54) is 31.6 Å². The van der Waals surface area contributed by atoms with Gasteiger partial charge in [0.15, 0.2) is 0 Å². The lowest BCUT2D eigenvalue weighted by Crippen LogP contribution is -2.35. The van der Waals surface area contributed by atoms with Gasteiger partial charge in [0.25, 0.3) is 0 Å². The number of piperidine rings is 1. The number of pyridine rings is 1. The first-order valence-corrected chi connectivity index (χ1v) is 7.13. The molecule has 0 saturated carbocycles. The maximum atomic E-state index is 5.82. The minimum atomic E-state index is 0.482. The zero-order valence-electron chi connectivity index (χ0n) is 11.3. The van der Waals surface area contributed by atoms with Gasteiger partial charge in [0, 0.05) is 25.5 Å². The smallest absolute Gasteiger partial charge is 0.0648 e. The van der Waals surface area contributed by atoms with Crippen LogP contribution < -0.4 is 4.90 Å². The van der Waals surface area contributed by atoms with E-state index in [1.54, 1.807) is 0 Å². The van der Waals surface area contributed by atoms with E-state index < -0.39 is 0 Å². The highest BCUT2D eigenvalue weighted by Crippen LogP contribution is 2.21. The van der Waals surface area contributed by atoms with Crippen molar-refractivity contribution in [3.63, 3.8) is 0 Å². The highest BCUT2D eigenvalue weighted by atomic mass is 35.5. The summed E-state index contributed by atoms with van der Waals surface area (Å²) in [4.78, 5) is 8.97. The maximum absolute atomic E-state index is 5.82. The second-order valence-electron chi connectivity index (χ2n) is 5.27. The van der Waals surface area contributed by atoms with Crippen LogP contribution in [0.3, 0.4) is 0 Å². The molecule has 0 aromatic carbocycles. The average Bonchev–Trinajstić information content (AvgIpc) is 2.41. The van der Waals surface area contributed by atoms with Gasteiger partial charge < -0.3 is 9.80 Å². The van der Waals surface area contributed by atoms with Crippen molar-refractivity contribution in [3.8, 4) is 0 Å². The third kappa shape index (κ3) is 3.59. The number of hydrogen-bond acceptors (Lipinski definition) is 3. The summed E-state index contributed by atoms with van der Waals surface area (Å²) in [6.07, 6.45) is 4.45. The first-order chi connectivity index (χ1) is 8.69. The number of hydrogen-bond donors (Lipinski definition) is 0. The van der Waals surface area contributed by atoms with E-state index >= 15 is 0 Å². The van der Waals surface area contributed by atoms with E-state index in [9.17, 15) is 0 Å². The van der Waals surface area contributed by atoms with Gasteiger partial charge in [-0.1, -0.05) is 0 Å². The lowest BCUT2D eigenvalue weighted by atomic mass is 9.96. The van der Waals surface area contributed by atoms with Crippen LogP contribution in [0.5, 0.6) is 0 Å². The topological polar surface area (TPSA) is 19.4 Å². The van der Waals surface area contributed by atoms with Gasteiger partial charge in [0.1, 0.15) is 0 Å². The van der Waals surface area contributed by atoms with Crippen molar-refractivity contribution in [1.82, 2.24) is 9.88 Å². The Morgan fingerprint density at radius 3 is 2.83 bits per heavy atom. The van der Waals surface area contributed by atoms with Gasteiger partial charge in [0.05, 0.1) is 11.6 Å². The van der Waals surface area contributed by atoms with Gasteiger partial charge in [-0.05, 0) is 51.0 Å². The Balaban J connectivity index is 1.92. The molecule has 1 aliphatic rings. The Morgan fingerprint density at radius 1 is 1.44 bits per heavy atom. The third-order valence-electron chi connectivity index (χ3n) is 3.75. The van der Waals surface area contributed by atoms with Crippen LogP contribution in [0.15, 0.2) is 18.3 Å². The second-order valence-corrected chi connectivity index (χ2v) is 5.53. The highest BCUT2D eigenvalue weighted by Gasteiger charge is 2.18. The number of anilines is 1. The third-order valence-corrected chi connectivity index (χ3v) is 4.02. The molecule has 0 spiro atoms. The summed E-state index contributed by atoms with van der Waals surface area (Å²) in [7, 11) is 4.36. The summed E-state index contributed by atoms with van der Waals surface area (Å²) < 4.78 is 0. The quantitative estimate of drug-likeness (QED) is 0.782. The summed E-state index contributed by atoms with van der Waals surface area (Å²) >= 11 is 5.82. The van der Waals surface area contributed by atoms with E-state index in [1.807, 2.05) is 6.20 Å². The Kier molecular flexibility index (Phi) is 4.84. The number of halogens is 1. The minimum Gasteiger partial charge on any atom is -0.374 e. The molecule has 3 nitrogen and oxygen atoms in total. The summed E-state index contributed by atoms with van der Waals surface area (Å²) in [6, 6.07) is 4.15.